The molecule has 0 radical (unpaired) electrons. The number of hydrogen-bond donors (Lipinski definition) is 0. The van der Waals surface area contributed by atoms with Crippen LogP contribution < -0.4 is 0 Å². The lowest BCUT2D eigenvalue weighted by molar-refractivity contribution is 0.521. The van der Waals surface area contributed by atoms with E-state index >= 15 is 0 Å². The predicted octanol–water partition coefficient (Wildman–Crippen LogP) is 4.60. The molecule has 1 aliphatic carbocycles. The molecule has 15 heavy (non-hydrogen) atoms. The van der Waals surface area contributed by atoms with Crippen molar-refractivity contribution in [3.63, 3.8) is 0 Å². The molecule has 0 heterocycles. The number of alkyl halides is 1. The summed E-state index contributed by atoms with van der Waals surface area (Å²) in [7, 11) is 0. The van der Waals surface area contributed by atoms with E-state index in [-0.39, 0.29) is 16.9 Å². The molecule has 1 aliphatic rings. The van der Waals surface area contributed by atoms with Crippen LogP contribution >= 0.6 is 27.5 Å². The monoisotopic (exact) mass is 294 g/mol. The average molecular weight is 296 g/mol. The molecule has 0 nitrogen and oxygen atoms in total. The Bertz CT molecular complexity index is 381. The van der Waals surface area contributed by atoms with Crippen molar-refractivity contribution in [1.82, 2.24) is 0 Å². The van der Waals surface area contributed by atoms with E-state index in [0.717, 1.165) is 12.8 Å². The van der Waals surface area contributed by atoms with Gasteiger partial charge in [-0.2, -0.15) is 0 Å². The molecule has 0 aliphatic heterocycles. The van der Waals surface area contributed by atoms with E-state index in [1.54, 1.807) is 0 Å². The van der Waals surface area contributed by atoms with Gasteiger partial charge in [0.25, 0.3) is 0 Å². The van der Waals surface area contributed by atoms with Crippen molar-refractivity contribution in [2.45, 2.75) is 30.6 Å². The Kier molecular flexibility index (Phi) is 3.31. The maximum absolute atomic E-state index is 13.7. The van der Waals surface area contributed by atoms with E-state index in [1.807, 2.05) is 0 Å². The summed E-state index contributed by atoms with van der Waals surface area (Å²) in [6.45, 7) is 0. The number of hydrogen-bond acceptors (Lipinski definition) is 0. The van der Waals surface area contributed by atoms with Crippen molar-refractivity contribution in [1.29, 1.82) is 0 Å². The Labute approximate surface area is 101 Å². The average Bonchev–Trinajstić information content (AvgIpc) is 2.59. The van der Waals surface area contributed by atoms with Crippen LogP contribution in [0, 0.1) is 11.6 Å². The van der Waals surface area contributed by atoms with E-state index in [2.05, 4.69) is 15.9 Å². The topological polar surface area (TPSA) is 0 Å². The highest BCUT2D eigenvalue weighted by Crippen LogP contribution is 2.40. The highest BCUT2D eigenvalue weighted by molar-refractivity contribution is 9.10. The zero-order valence-electron chi connectivity index (χ0n) is 7.94. The molecule has 2 atom stereocenters. The molecule has 1 fully saturated rings. The van der Waals surface area contributed by atoms with Crippen molar-refractivity contribution in [3.05, 3.63) is 33.8 Å². The molecule has 0 amide bonds. The van der Waals surface area contributed by atoms with Crippen molar-refractivity contribution < 1.29 is 8.78 Å². The lowest BCUT2D eigenvalue weighted by atomic mass is 9.96. The SMILES string of the molecule is Fc1ccc(Br)c(F)c1C1CCC(Cl)C1. The Morgan fingerprint density at radius 3 is 2.60 bits per heavy atom. The second kappa shape index (κ2) is 4.38. The molecule has 0 bridgehead atoms. The number of halogens is 4. The van der Waals surface area contributed by atoms with Crippen molar-refractivity contribution >= 4 is 27.5 Å². The molecule has 1 aromatic rings. The molecule has 4 heteroatoms. The smallest absolute Gasteiger partial charge is 0.143 e. The van der Waals surface area contributed by atoms with Gasteiger partial charge in [-0.1, -0.05) is 0 Å². The van der Waals surface area contributed by atoms with Gasteiger partial charge in [0.15, 0.2) is 0 Å². The van der Waals surface area contributed by atoms with Gasteiger partial charge >= 0.3 is 0 Å². The summed E-state index contributed by atoms with van der Waals surface area (Å²) in [5.74, 6) is -1.03. The minimum atomic E-state index is -0.481. The van der Waals surface area contributed by atoms with E-state index in [9.17, 15) is 8.78 Å². The van der Waals surface area contributed by atoms with Crippen LogP contribution in [0.3, 0.4) is 0 Å². The van der Waals surface area contributed by atoms with Gasteiger partial charge in [-0.25, -0.2) is 8.78 Å². The quantitative estimate of drug-likeness (QED) is 0.524. The zero-order chi connectivity index (χ0) is 11.0. The molecule has 2 unspecified atom stereocenters. The van der Waals surface area contributed by atoms with Crippen LogP contribution in [0.2, 0.25) is 0 Å². The van der Waals surface area contributed by atoms with Gasteiger partial charge in [0.2, 0.25) is 0 Å². The largest absolute Gasteiger partial charge is 0.207 e. The van der Waals surface area contributed by atoms with Gasteiger partial charge in [0.1, 0.15) is 11.6 Å². The first-order valence-corrected chi connectivity index (χ1v) is 6.10. The van der Waals surface area contributed by atoms with Crippen LogP contribution in [-0.2, 0) is 0 Å². The van der Waals surface area contributed by atoms with Gasteiger partial charge in [0, 0.05) is 10.9 Å². The van der Waals surface area contributed by atoms with E-state index < -0.39 is 11.6 Å². The van der Waals surface area contributed by atoms with Crippen LogP contribution in [0.25, 0.3) is 0 Å². The predicted molar refractivity (Wildman–Crippen MR) is 60.3 cm³/mol. The third-order valence-electron chi connectivity index (χ3n) is 2.86. The lowest BCUT2D eigenvalue weighted by Crippen LogP contribution is -2.02. The van der Waals surface area contributed by atoms with E-state index in [1.165, 1.54) is 12.1 Å². The fourth-order valence-electron chi connectivity index (χ4n) is 2.11. The first kappa shape index (κ1) is 11.3. The Balaban J connectivity index is 2.39. The molecule has 0 N–H and O–H groups in total. The summed E-state index contributed by atoms with van der Waals surface area (Å²) in [5, 5.41) is 0.0489. The third-order valence-corrected chi connectivity index (χ3v) is 3.87. The van der Waals surface area contributed by atoms with E-state index in [4.69, 9.17) is 11.6 Å². The van der Waals surface area contributed by atoms with Gasteiger partial charge in [0.05, 0.1) is 4.47 Å². The highest BCUT2D eigenvalue weighted by Gasteiger charge is 2.29. The molecular weight excluding hydrogens is 285 g/mol. The summed E-state index contributed by atoms with van der Waals surface area (Å²) in [6.07, 6.45) is 2.25. The molecule has 1 saturated carbocycles. The maximum Gasteiger partial charge on any atom is 0.143 e. The molecule has 0 saturated heterocycles. The molecule has 0 spiro atoms. The first-order chi connectivity index (χ1) is 7.09. The minimum Gasteiger partial charge on any atom is -0.207 e. The van der Waals surface area contributed by atoms with Crippen LogP contribution in [0.4, 0.5) is 8.78 Å². The third kappa shape index (κ3) is 2.18. The number of rotatable bonds is 1. The van der Waals surface area contributed by atoms with Gasteiger partial charge < -0.3 is 0 Å². The molecule has 0 aromatic heterocycles. The summed E-state index contributed by atoms with van der Waals surface area (Å²) >= 11 is 9.01. The van der Waals surface area contributed by atoms with E-state index in [0.29, 0.717) is 10.9 Å². The normalized spacial score (nSPS) is 25.9. The van der Waals surface area contributed by atoms with Gasteiger partial charge in [-0.3, -0.25) is 0 Å². The van der Waals surface area contributed by atoms with Crippen LogP contribution in [0.15, 0.2) is 16.6 Å². The lowest BCUT2D eigenvalue weighted by Gasteiger charge is -2.12. The van der Waals surface area contributed by atoms with Crippen molar-refractivity contribution in [3.8, 4) is 0 Å². The van der Waals surface area contributed by atoms with Crippen LogP contribution in [-0.4, -0.2) is 5.38 Å². The second-order valence-corrected chi connectivity index (χ2v) is 5.34. The fourth-order valence-corrected chi connectivity index (χ4v) is 2.79. The number of benzene rings is 1. The van der Waals surface area contributed by atoms with Crippen LogP contribution in [0.1, 0.15) is 30.7 Å². The molecule has 82 valence electrons. The summed E-state index contributed by atoms with van der Waals surface area (Å²) in [6, 6.07) is 2.69. The second-order valence-electron chi connectivity index (χ2n) is 3.86. The van der Waals surface area contributed by atoms with Gasteiger partial charge in [-0.15, -0.1) is 11.6 Å². The Hall–Kier alpha value is -0.150. The molecule has 2 rings (SSSR count). The Morgan fingerprint density at radius 2 is 2.00 bits per heavy atom. The zero-order valence-corrected chi connectivity index (χ0v) is 10.3. The summed E-state index contributed by atoms with van der Waals surface area (Å²) in [5.41, 5.74) is 0.188. The molecule has 1 aromatic carbocycles. The molecular formula is C11H10BrClF2. The summed E-state index contributed by atoms with van der Waals surface area (Å²) < 4.78 is 27.5. The minimum absolute atomic E-state index is 0.0489. The highest BCUT2D eigenvalue weighted by atomic mass is 79.9. The van der Waals surface area contributed by atoms with Crippen LogP contribution in [0.5, 0.6) is 0 Å². The Morgan fingerprint density at radius 1 is 1.27 bits per heavy atom. The first-order valence-electron chi connectivity index (χ1n) is 4.87. The maximum atomic E-state index is 13.7. The van der Waals surface area contributed by atoms with Gasteiger partial charge in [-0.05, 0) is 53.2 Å². The fraction of sp³-hybridized carbons (Fsp3) is 0.455. The van der Waals surface area contributed by atoms with Crippen molar-refractivity contribution in [2.24, 2.45) is 0 Å². The standard InChI is InChI=1S/C11H10BrClF2/c12-8-3-4-9(14)10(11(8)15)6-1-2-7(13)5-6/h3-4,6-7H,1-2,5H2. The van der Waals surface area contributed by atoms with Crippen molar-refractivity contribution in [2.75, 3.05) is 0 Å². The summed E-state index contributed by atoms with van der Waals surface area (Å²) in [4.78, 5) is 0.